The Morgan fingerprint density at radius 1 is 1.04 bits per heavy atom. The van der Waals surface area contributed by atoms with E-state index in [4.69, 9.17) is 4.74 Å². The third-order valence-electron chi connectivity index (χ3n) is 5.13. The van der Waals surface area contributed by atoms with Gasteiger partial charge in [-0.2, -0.15) is 0 Å². The Labute approximate surface area is 150 Å². The number of hydrogen-bond acceptors (Lipinski definition) is 3. The van der Waals surface area contributed by atoms with Crippen molar-refractivity contribution in [3.05, 3.63) is 59.2 Å². The molecule has 0 saturated carbocycles. The van der Waals surface area contributed by atoms with Crippen LogP contribution in [0, 0.1) is 13.8 Å². The van der Waals surface area contributed by atoms with E-state index in [2.05, 4.69) is 43.0 Å². The SMILES string of the molecule is COc1ccc(CN2CCN(c3ccc(C)c(C)c3)C(=O)C2C)cc1. The smallest absolute Gasteiger partial charge is 0.244 e. The van der Waals surface area contributed by atoms with Gasteiger partial charge in [-0.05, 0) is 61.7 Å². The number of aryl methyl sites for hydroxylation is 2. The lowest BCUT2D eigenvalue weighted by molar-refractivity contribution is -0.125. The summed E-state index contributed by atoms with van der Waals surface area (Å²) in [7, 11) is 1.67. The van der Waals surface area contributed by atoms with Gasteiger partial charge in [0, 0.05) is 25.3 Å². The Morgan fingerprint density at radius 2 is 1.76 bits per heavy atom. The van der Waals surface area contributed by atoms with Crippen LogP contribution in [0.1, 0.15) is 23.6 Å². The van der Waals surface area contributed by atoms with Crippen LogP contribution < -0.4 is 9.64 Å². The number of hydrogen-bond donors (Lipinski definition) is 0. The fraction of sp³-hybridized carbons (Fsp3) is 0.381. The predicted octanol–water partition coefficient (Wildman–Crippen LogP) is 3.55. The summed E-state index contributed by atoms with van der Waals surface area (Å²) < 4.78 is 5.20. The van der Waals surface area contributed by atoms with Crippen molar-refractivity contribution in [3.8, 4) is 5.75 Å². The van der Waals surface area contributed by atoms with Crippen molar-refractivity contribution in [1.82, 2.24) is 4.90 Å². The van der Waals surface area contributed by atoms with Crippen LogP contribution in [0.25, 0.3) is 0 Å². The number of carbonyl (C=O) groups excluding carboxylic acids is 1. The van der Waals surface area contributed by atoms with Crippen LogP contribution in [0.5, 0.6) is 5.75 Å². The topological polar surface area (TPSA) is 32.8 Å². The van der Waals surface area contributed by atoms with Crippen LogP contribution in [0.3, 0.4) is 0 Å². The molecular weight excluding hydrogens is 312 g/mol. The highest BCUT2D eigenvalue weighted by molar-refractivity contribution is 5.97. The molecular formula is C21H26N2O2. The highest BCUT2D eigenvalue weighted by Crippen LogP contribution is 2.24. The van der Waals surface area contributed by atoms with Gasteiger partial charge < -0.3 is 9.64 Å². The van der Waals surface area contributed by atoms with Crippen molar-refractivity contribution < 1.29 is 9.53 Å². The van der Waals surface area contributed by atoms with Crippen molar-refractivity contribution in [2.75, 3.05) is 25.1 Å². The molecule has 0 N–H and O–H groups in total. The largest absolute Gasteiger partial charge is 0.497 e. The molecule has 0 radical (unpaired) electrons. The maximum absolute atomic E-state index is 12.9. The van der Waals surface area contributed by atoms with Gasteiger partial charge in [-0.1, -0.05) is 18.2 Å². The van der Waals surface area contributed by atoms with E-state index in [1.165, 1.54) is 16.7 Å². The molecule has 1 heterocycles. The second kappa shape index (κ2) is 7.28. The first kappa shape index (κ1) is 17.5. The molecule has 0 bridgehead atoms. The van der Waals surface area contributed by atoms with Crippen molar-refractivity contribution in [2.24, 2.45) is 0 Å². The maximum Gasteiger partial charge on any atom is 0.244 e. The summed E-state index contributed by atoms with van der Waals surface area (Å²) in [5, 5.41) is 0. The van der Waals surface area contributed by atoms with Gasteiger partial charge in [0.05, 0.1) is 13.2 Å². The average Bonchev–Trinajstić information content (AvgIpc) is 2.62. The van der Waals surface area contributed by atoms with Crippen LogP contribution in [-0.4, -0.2) is 37.0 Å². The Kier molecular flexibility index (Phi) is 5.09. The van der Waals surface area contributed by atoms with E-state index in [1.54, 1.807) is 7.11 Å². The number of amides is 1. The predicted molar refractivity (Wildman–Crippen MR) is 101 cm³/mol. The molecule has 0 aromatic heterocycles. The summed E-state index contributed by atoms with van der Waals surface area (Å²) in [6, 6.07) is 14.2. The summed E-state index contributed by atoms with van der Waals surface area (Å²) in [6.07, 6.45) is 0. The first-order valence-electron chi connectivity index (χ1n) is 8.75. The molecule has 1 fully saturated rings. The van der Waals surface area contributed by atoms with E-state index in [1.807, 2.05) is 30.0 Å². The minimum atomic E-state index is -0.127. The van der Waals surface area contributed by atoms with Crippen LogP contribution >= 0.6 is 0 Å². The fourth-order valence-corrected chi connectivity index (χ4v) is 3.25. The third-order valence-corrected chi connectivity index (χ3v) is 5.13. The van der Waals surface area contributed by atoms with Gasteiger partial charge in [0.15, 0.2) is 0 Å². The van der Waals surface area contributed by atoms with E-state index < -0.39 is 0 Å². The fourth-order valence-electron chi connectivity index (χ4n) is 3.25. The van der Waals surface area contributed by atoms with Gasteiger partial charge in [0.25, 0.3) is 0 Å². The molecule has 2 aromatic rings. The van der Waals surface area contributed by atoms with E-state index in [-0.39, 0.29) is 11.9 Å². The lowest BCUT2D eigenvalue weighted by Gasteiger charge is -2.39. The average molecular weight is 338 g/mol. The molecule has 2 aromatic carbocycles. The highest BCUT2D eigenvalue weighted by Gasteiger charge is 2.32. The minimum Gasteiger partial charge on any atom is -0.497 e. The Balaban J connectivity index is 1.71. The zero-order valence-corrected chi connectivity index (χ0v) is 15.5. The Bertz CT molecular complexity index is 755. The number of ether oxygens (including phenoxy) is 1. The second-order valence-electron chi connectivity index (χ2n) is 6.75. The lowest BCUT2D eigenvalue weighted by Crippen LogP contribution is -2.55. The monoisotopic (exact) mass is 338 g/mol. The molecule has 4 heteroatoms. The normalized spacial score (nSPS) is 18.5. The first-order chi connectivity index (χ1) is 12.0. The van der Waals surface area contributed by atoms with E-state index in [9.17, 15) is 4.79 Å². The summed E-state index contributed by atoms with van der Waals surface area (Å²) in [4.78, 5) is 17.0. The van der Waals surface area contributed by atoms with Crippen molar-refractivity contribution in [3.63, 3.8) is 0 Å². The molecule has 132 valence electrons. The molecule has 1 saturated heterocycles. The highest BCUT2D eigenvalue weighted by atomic mass is 16.5. The Morgan fingerprint density at radius 3 is 2.40 bits per heavy atom. The van der Waals surface area contributed by atoms with Gasteiger partial charge in [0.1, 0.15) is 5.75 Å². The number of methoxy groups -OCH3 is 1. The number of carbonyl (C=O) groups is 1. The zero-order valence-electron chi connectivity index (χ0n) is 15.5. The minimum absolute atomic E-state index is 0.127. The van der Waals surface area contributed by atoms with Crippen molar-refractivity contribution >= 4 is 11.6 Å². The van der Waals surface area contributed by atoms with E-state index in [0.29, 0.717) is 0 Å². The zero-order chi connectivity index (χ0) is 18.0. The van der Waals surface area contributed by atoms with Gasteiger partial charge in [-0.15, -0.1) is 0 Å². The number of rotatable bonds is 4. The molecule has 3 rings (SSSR count). The quantitative estimate of drug-likeness (QED) is 0.855. The van der Waals surface area contributed by atoms with Gasteiger partial charge in [-0.3, -0.25) is 9.69 Å². The summed E-state index contributed by atoms with van der Waals surface area (Å²) in [6.45, 7) is 8.55. The third kappa shape index (κ3) is 3.69. The van der Waals surface area contributed by atoms with Crippen molar-refractivity contribution in [1.29, 1.82) is 0 Å². The van der Waals surface area contributed by atoms with E-state index in [0.717, 1.165) is 31.1 Å². The lowest BCUT2D eigenvalue weighted by atomic mass is 10.1. The van der Waals surface area contributed by atoms with Crippen LogP contribution in [0.4, 0.5) is 5.69 Å². The maximum atomic E-state index is 12.9. The standard InChI is InChI=1S/C21H26N2O2/c1-15-5-8-19(13-16(15)2)23-12-11-22(17(3)21(23)24)14-18-6-9-20(25-4)10-7-18/h5-10,13,17H,11-12,14H2,1-4H3. The second-order valence-corrected chi connectivity index (χ2v) is 6.75. The summed E-state index contributed by atoms with van der Waals surface area (Å²) in [5.74, 6) is 1.02. The molecule has 1 aliphatic rings. The molecule has 0 spiro atoms. The summed E-state index contributed by atoms with van der Waals surface area (Å²) >= 11 is 0. The van der Waals surface area contributed by atoms with Gasteiger partial charge in [-0.25, -0.2) is 0 Å². The van der Waals surface area contributed by atoms with E-state index >= 15 is 0 Å². The number of benzene rings is 2. The molecule has 1 aliphatic heterocycles. The molecule has 4 nitrogen and oxygen atoms in total. The number of anilines is 1. The Hall–Kier alpha value is -2.33. The summed E-state index contributed by atoms with van der Waals surface area (Å²) in [5.41, 5.74) is 4.67. The molecule has 1 unspecified atom stereocenters. The van der Waals surface area contributed by atoms with Crippen LogP contribution in [-0.2, 0) is 11.3 Å². The number of piperazine rings is 1. The molecule has 0 aliphatic carbocycles. The van der Waals surface area contributed by atoms with Crippen molar-refractivity contribution in [2.45, 2.75) is 33.4 Å². The van der Waals surface area contributed by atoms with Crippen LogP contribution in [0.2, 0.25) is 0 Å². The van der Waals surface area contributed by atoms with Crippen LogP contribution in [0.15, 0.2) is 42.5 Å². The van der Waals surface area contributed by atoms with Gasteiger partial charge >= 0.3 is 0 Å². The molecule has 1 amide bonds. The number of nitrogens with zero attached hydrogens (tertiary/aromatic N) is 2. The molecule has 1 atom stereocenters. The molecule has 25 heavy (non-hydrogen) atoms. The first-order valence-corrected chi connectivity index (χ1v) is 8.75. The van der Waals surface area contributed by atoms with Gasteiger partial charge in [0.2, 0.25) is 5.91 Å².